The van der Waals surface area contributed by atoms with Crippen LogP contribution in [-0.2, 0) is 0 Å². The lowest BCUT2D eigenvalue weighted by molar-refractivity contribution is 0.218. The Labute approximate surface area is 110 Å². The van der Waals surface area contributed by atoms with E-state index >= 15 is 0 Å². The van der Waals surface area contributed by atoms with Gasteiger partial charge >= 0.3 is 0 Å². The minimum Gasteiger partial charge on any atom is -0.364 e. The highest BCUT2D eigenvalue weighted by Gasteiger charge is 2.28. The molecular formula is C14H26N2S. The predicted molar refractivity (Wildman–Crippen MR) is 77.8 cm³/mol. The summed E-state index contributed by atoms with van der Waals surface area (Å²) in [6.45, 7) is 6.84. The maximum absolute atomic E-state index is 4.62. The third-order valence-electron chi connectivity index (χ3n) is 4.05. The van der Waals surface area contributed by atoms with E-state index in [1.165, 1.54) is 50.1 Å². The number of amidine groups is 1. The zero-order valence-corrected chi connectivity index (χ0v) is 12.1. The van der Waals surface area contributed by atoms with Crippen molar-refractivity contribution >= 4 is 16.9 Å². The molecule has 0 aromatic carbocycles. The Morgan fingerprint density at radius 3 is 2.82 bits per heavy atom. The van der Waals surface area contributed by atoms with E-state index in [1.54, 1.807) is 0 Å². The molecule has 2 aliphatic rings. The first-order valence-corrected chi connectivity index (χ1v) is 8.05. The molecule has 1 N–H and O–H groups in total. The number of hydrogen-bond acceptors (Lipinski definition) is 3. The van der Waals surface area contributed by atoms with Crippen LogP contribution in [-0.4, -0.2) is 23.5 Å². The van der Waals surface area contributed by atoms with Crippen LogP contribution in [0.25, 0.3) is 0 Å². The number of thioether (sulfide) groups is 1. The van der Waals surface area contributed by atoms with Gasteiger partial charge in [-0.15, -0.1) is 0 Å². The van der Waals surface area contributed by atoms with Crippen molar-refractivity contribution in [2.75, 3.05) is 13.1 Å². The Hall–Kier alpha value is -0.180. The first-order valence-electron chi connectivity index (χ1n) is 7.17. The van der Waals surface area contributed by atoms with Gasteiger partial charge in [0, 0.05) is 11.8 Å². The molecule has 1 aliphatic carbocycles. The molecule has 0 saturated heterocycles. The van der Waals surface area contributed by atoms with Gasteiger partial charge in [-0.25, -0.2) is 0 Å². The first kappa shape index (κ1) is 13.3. The standard InChI is InChI=1S/C14H26N2S/c1-3-7-12-10-15-13(17-12)16-11-14(2)8-5-4-6-9-14/h12H,3-11H2,1-2H3,(H,15,16). The van der Waals surface area contributed by atoms with Crippen LogP contribution >= 0.6 is 11.8 Å². The third-order valence-corrected chi connectivity index (χ3v) is 5.27. The summed E-state index contributed by atoms with van der Waals surface area (Å²) in [7, 11) is 0. The molecule has 0 spiro atoms. The second-order valence-corrected chi connectivity index (χ2v) is 7.19. The molecular weight excluding hydrogens is 228 g/mol. The van der Waals surface area contributed by atoms with E-state index in [0.29, 0.717) is 5.41 Å². The summed E-state index contributed by atoms with van der Waals surface area (Å²) in [4.78, 5) is 4.62. The number of nitrogens with zero attached hydrogens (tertiary/aromatic N) is 1. The average Bonchev–Trinajstić information content (AvgIpc) is 2.76. The van der Waals surface area contributed by atoms with E-state index in [2.05, 4.69) is 24.2 Å². The summed E-state index contributed by atoms with van der Waals surface area (Å²) < 4.78 is 0. The Morgan fingerprint density at radius 1 is 1.35 bits per heavy atom. The maximum atomic E-state index is 4.62. The van der Waals surface area contributed by atoms with E-state index in [0.717, 1.165) is 18.3 Å². The van der Waals surface area contributed by atoms with Gasteiger partial charge < -0.3 is 5.32 Å². The largest absolute Gasteiger partial charge is 0.364 e. The zero-order chi connectivity index (χ0) is 12.1. The lowest BCUT2D eigenvalue weighted by Gasteiger charge is -2.33. The van der Waals surface area contributed by atoms with Gasteiger partial charge in [-0.2, -0.15) is 0 Å². The topological polar surface area (TPSA) is 24.4 Å². The van der Waals surface area contributed by atoms with Crippen molar-refractivity contribution in [1.29, 1.82) is 0 Å². The molecule has 2 rings (SSSR count). The number of aliphatic imine (C=N–C) groups is 1. The van der Waals surface area contributed by atoms with Crippen LogP contribution in [0.3, 0.4) is 0 Å². The van der Waals surface area contributed by atoms with Crippen molar-refractivity contribution in [3.8, 4) is 0 Å². The summed E-state index contributed by atoms with van der Waals surface area (Å²) in [6, 6.07) is 0. The second kappa shape index (κ2) is 6.12. The number of nitrogens with one attached hydrogen (secondary N) is 1. The monoisotopic (exact) mass is 254 g/mol. The zero-order valence-electron chi connectivity index (χ0n) is 11.3. The van der Waals surface area contributed by atoms with Crippen molar-refractivity contribution in [2.45, 2.75) is 64.0 Å². The summed E-state index contributed by atoms with van der Waals surface area (Å²) in [6.07, 6.45) is 9.61. The fourth-order valence-electron chi connectivity index (χ4n) is 2.86. The van der Waals surface area contributed by atoms with Crippen molar-refractivity contribution in [3.63, 3.8) is 0 Å². The third kappa shape index (κ3) is 3.90. The maximum Gasteiger partial charge on any atom is 0.156 e. The van der Waals surface area contributed by atoms with E-state index in [9.17, 15) is 0 Å². The fraction of sp³-hybridized carbons (Fsp3) is 0.929. The first-order chi connectivity index (χ1) is 8.22. The molecule has 1 heterocycles. The molecule has 2 nitrogen and oxygen atoms in total. The molecule has 1 atom stereocenters. The molecule has 98 valence electrons. The van der Waals surface area contributed by atoms with Crippen LogP contribution in [0.1, 0.15) is 58.8 Å². The van der Waals surface area contributed by atoms with E-state index in [4.69, 9.17) is 0 Å². The average molecular weight is 254 g/mol. The minimum absolute atomic E-state index is 0.518. The highest BCUT2D eigenvalue weighted by molar-refractivity contribution is 8.14. The lowest BCUT2D eigenvalue weighted by atomic mass is 9.76. The molecule has 0 aromatic heterocycles. The summed E-state index contributed by atoms with van der Waals surface area (Å²) in [5.74, 6) is 0. The molecule has 1 saturated carbocycles. The van der Waals surface area contributed by atoms with Gasteiger partial charge in [0.2, 0.25) is 0 Å². The summed E-state index contributed by atoms with van der Waals surface area (Å²) in [5.41, 5.74) is 0.518. The Kier molecular flexibility index (Phi) is 4.78. The van der Waals surface area contributed by atoms with Gasteiger partial charge in [0.15, 0.2) is 5.17 Å². The smallest absolute Gasteiger partial charge is 0.156 e. The van der Waals surface area contributed by atoms with Crippen LogP contribution < -0.4 is 5.32 Å². The van der Waals surface area contributed by atoms with Crippen LogP contribution in [0.4, 0.5) is 0 Å². The van der Waals surface area contributed by atoms with E-state index < -0.39 is 0 Å². The van der Waals surface area contributed by atoms with E-state index in [1.807, 2.05) is 11.8 Å². The Balaban J connectivity index is 1.71. The van der Waals surface area contributed by atoms with Crippen LogP contribution in [0.5, 0.6) is 0 Å². The van der Waals surface area contributed by atoms with Crippen molar-refractivity contribution in [2.24, 2.45) is 10.4 Å². The molecule has 0 radical (unpaired) electrons. The Morgan fingerprint density at radius 2 is 2.12 bits per heavy atom. The summed E-state index contributed by atoms with van der Waals surface area (Å²) in [5, 5.41) is 5.53. The molecule has 17 heavy (non-hydrogen) atoms. The highest BCUT2D eigenvalue weighted by atomic mass is 32.2. The van der Waals surface area contributed by atoms with Crippen LogP contribution in [0.15, 0.2) is 4.99 Å². The molecule has 0 bridgehead atoms. The number of rotatable bonds is 4. The van der Waals surface area contributed by atoms with Crippen molar-refractivity contribution in [1.82, 2.24) is 5.32 Å². The van der Waals surface area contributed by atoms with Gasteiger partial charge in [0.05, 0.1) is 6.54 Å². The van der Waals surface area contributed by atoms with Crippen LogP contribution in [0, 0.1) is 5.41 Å². The van der Waals surface area contributed by atoms with Gasteiger partial charge in [0.1, 0.15) is 0 Å². The SMILES string of the molecule is CCCC1CN=C(NCC2(C)CCCCC2)S1. The molecule has 1 aliphatic heterocycles. The molecule has 0 amide bonds. The molecule has 1 fully saturated rings. The molecule has 0 aromatic rings. The normalized spacial score (nSPS) is 27.9. The van der Waals surface area contributed by atoms with Crippen molar-refractivity contribution in [3.05, 3.63) is 0 Å². The fourth-order valence-corrected chi connectivity index (χ4v) is 3.98. The van der Waals surface area contributed by atoms with Gasteiger partial charge in [-0.05, 0) is 24.7 Å². The van der Waals surface area contributed by atoms with Gasteiger partial charge in [0.25, 0.3) is 0 Å². The van der Waals surface area contributed by atoms with E-state index in [-0.39, 0.29) is 0 Å². The van der Waals surface area contributed by atoms with Gasteiger partial charge in [-0.3, -0.25) is 4.99 Å². The van der Waals surface area contributed by atoms with Gasteiger partial charge in [-0.1, -0.05) is 51.3 Å². The quantitative estimate of drug-likeness (QED) is 0.825. The minimum atomic E-state index is 0.518. The van der Waals surface area contributed by atoms with Crippen LogP contribution in [0.2, 0.25) is 0 Å². The lowest BCUT2D eigenvalue weighted by Crippen LogP contribution is -2.35. The Bertz CT molecular complexity index is 269. The summed E-state index contributed by atoms with van der Waals surface area (Å²) >= 11 is 1.96. The number of hydrogen-bond donors (Lipinski definition) is 1. The highest BCUT2D eigenvalue weighted by Crippen LogP contribution is 2.35. The predicted octanol–water partition coefficient (Wildman–Crippen LogP) is 3.82. The van der Waals surface area contributed by atoms with Crippen molar-refractivity contribution < 1.29 is 0 Å². The second-order valence-electron chi connectivity index (χ2n) is 5.90. The molecule has 1 unspecified atom stereocenters. The molecule has 3 heteroatoms.